The van der Waals surface area contributed by atoms with E-state index >= 15 is 0 Å². The first-order chi connectivity index (χ1) is 12.9. The van der Waals surface area contributed by atoms with Crippen LogP contribution in [0.15, 0.2) is 48.7 Å². The van der Waals surface area contributed by atoms with Crippen molar-refractivity contribution in [1.29, 1.82) is 0 Å². The fourth-order valence-corrected chi connectivity index (χ4v) is 2.27. The van der Waals surface area contributed by atoms with Crippen molar-refractivity contribution in [3.05, 3.63) is 66.1 Å². The highest BCUT2D eigenvalue weighted by Crippen LogP contribution is 2.24. The van der Waals surface area contributed by atoms with Gasteiger partial charge < -0.3 is 15.4 Å². The summed E-state index contributed by atoms with van der Waals surface area (Å²) in [5.41, 5.74) is 0.496. The molecule has 3 rings (SSSR count). The predicted molar refractivity (Wildman–Crippen MR) is 97.1 cm³/mol. The molecule has 140 valence electrons. The first kappa shape index (κ1) is 18.5. The quantitative estimate of drug-likeness (QED) is 0.583. The molecule has 0 amide bonds. The molecule has 0 aliphatic carbocycles. The summed E-state index contributed by atoms with van der Waals surface area (Å²) in [6, 6.07) is 10.8. The van der Waals surface area contributed by atoms with Crippen molar-refractivity contribution < 1.29 is 17.9 Å². The number of nitrogens with zero attached hydrogens (tertiary/aromatic N) is 2. The summed E-state index contributed by atoms with van der Waals surface area (Å²) in [6.07, 6.45) is 1.53. The van der Waals surface area contributed by atoms with Crippen molar-refractivity contribution in [3.63, 3.8) is 0 Å². The highest BCUT2D eigenvalue weighted by molar-refractivity contribution is 5.60. The van der Waals surface area contributed by atoms with Crippen molar-refractivity contribution >= 4 is 23.1 Å². The minimum absolute atomic E-state index is 0.0321. The number of hydrogen-bond acceptors (Lipinski definition) is 5. The van der Waals surface area contributed by atoms with E-state index in [-0.39, 0.29) is 17.7 Å². The molecule has 0 saturated heterocycles. The highest BCUT2D eigenvalue weighted by Gasteiger charge is 2.14. The molecule has 1 aromatic heterocycles. The van der Waals surface area contributed by atoms with Gasteiger partial charge in [-0.15, -0.1) is 0 Å². The monoisotopic (exact) mass is 374 g/mol. The zero-order chi connectivity index (χ0) is 19.4. The number of halogens is 3. The van der Waals surface area contributed by atoms with Crippen molar-refractivity contribution in [2.24, 2.45) is 0 Å². The van der Waals surface area contributed by atoms with Gasteiger partial charge in [0.1, 0.15) is 11.6 Å². The summed E-state index contributed by atoms with van der Waals surface area (Å²) in [5, 5.41) is 5.60. The molecule has 0 saturated carbocycles. The average Bonchev–Trinajstić information content (AvgIpc) is 2.64. The summed E-state index contributed by atoms with van der Waals surface area (Å²) in [7, 11) is 0. The highest BCUT2D eigenvalue weighted by atomic mass is 19.2. The van der Waals surface area contributed by atoms with E-state index in [0.717, 1.165) is 23.6 Å². The van der Waals surface area contributed by atoms with Crippen LogP contribution in [0, 0.1) is 17.5 Å². The molecule has 5 nitrogen and oxygen atoms in total. The Morgan fingerprint density at radius 3 is 2.33 bits per heavy atom. The fraction of sp³-hybridized carbons (Fsp3) is 0.158. The first-order valence-corrected chi connectivity index (χ1v) is 8.19. The second-order valence-electron chi connectivity index (χ2n) is 5.93. The lowest BCUT2D eigenvalue weighted by Crippen LogP contribution is -2.05. The standard InChI is InChI=1S/C19H17F3N4O/c1-11(2)27-13-5-3-12(4-6-13)24-16-9-10-23-19(26-16)25-15-8-7-14(20)17(21)18(15)22/h3-11H,1-2H3,(H2,23,24,25,26). The van der Waals surface area contributed by atoms with Crippen LogP contribution in [0.4, 0.5) is 36.3 Å². The molecule has 8 heteroatoms. The Bertz CT molecular complexity index is 933. The van der Waals surface area contributed by atoms with Crippen LogP contribution < -0.4 is 15.4 Å². The molecule has 0 aliphatic heterocycles. The van der Waals surface area contributed by atoms with Crippen molar-refractivity contribution in [3.8, 4) is 5.75 Å². The molecule has 0 aliphatic rings. The van der Waals surface area contributed by atoms with Gasteiger partial charge in [-0.1, -0.05) is 0 Å². The van der Waals surface area contributed by atoms with Crippen LogP contribution in [-0.2, 0) is 0 Å². The van der Waals surface area contributed by atoms with Gasteiger partial charge in [0.25, 0.3) is 0 Å². The van der Waals surface area contributed by atoms with E-state index < -0.39 is 17.5 Å². The number of ether oxygens (including phenoxy) is 1. The second kappa shape index (κ2) is 7.94. The Balaban J connectivity index is 1.73. The van der Waals surface area contributed by atoms with E-state index in [0.29, 0.717) is 5.82 Å². The number of nitrogens with one attached hydrogen (secondary N) is 2. The third-order valence-corrected chi connectivity index (χ3v) is 3.44. The minimum atomic E-state index is -1.56. The number of anilines is 4. The van der Waals surface area contributed by atoms with Crippen LogP contribution in [0.3, 0.4) is 0 Å². The molecule has 0 unspecified atom stereocenters. The Hall–Kier alpha value is -3.29. The molecular weight excluding hydrogens is 357 g/mol. The Morgan fingerprint density at radius 2 is 1.63 bits per heavy atom. The first-order valence-electron chi connectivity index (χ1n) is 8.19. The van der Waals surface area contributed by atoms with Gasteiger partial charge in [-0.05, 0) is 56.3 Å². The van der Waals surface area contributed by atoms with Crippen LogP contribution >= 0.6 is 0 Å². The molecule has 0 fully saturated rings. The van der Waals surface area contributed by atoms with Gasteiger partial charge >= 0.3 is 0 Å². The smallest absolute Gasteiger partial charge is 0.229 e. The maximum absolute atomic E-state index is 13.8. The van der Waals surface area contributed by atoms with Crippen molar-refractivity contribution in [2.45, 2.75) is 20.0 Å². The molecule has 2 aromatic carbocycles. The van der Waals surface area contributed by atoms with E-state index in [2.05, 4.69) is 20.6 Å². The number of benzene rings is 2. The topological polar surface area (TPSA) is 59.1 Å². The van der Waals surface area contributed by atoms with E-state index in [1.807, 2.05) is 38.1 Å². The molecular formula is C19H17F3N4O. The zero-order valence-corrected chi connectivity index (χ0v) is 14.6. The Kier molecular flexibility index (Phi) is 5.44. The fourth-order valence-electron chi connectivity index (χ4n) is 2.27. The normalized spacial score (nSPS) is 10.7. The van der Waals surface area contributed by atoms with Gasteiger partial charge in [-0.3, -0.25) is 0 Å². The summed E-state index contributed by atoms with van der Waals surface area (Å²) < 4.78 is 45.7. The van der Waals surface area contributed by atoms with Gasteiger partial charge in [0, 0.05) is 11.9 Å². The average molecular weight is 374 g/mol. The van der Waals surface area contributed by atoms with E-state index in [1.165, 1.54) is 6.20 Å². The molecule has 0 spiro atoms. The number of aromatic nitrogens is 2. The molecule has 2 N–H and O–H groups in total. The number of rotatable bonds is 6. The summed E-state index contributed by atoms with van der Waals surface area (Å²) >= 11 is 0. The van der Waals surface area contributed by atoms with Crippen molar-refractivity contribution in [2.75, 3.05) is 10.6 Å². The zero-order valence-electron chi connectivity index (χ0n) is 14.6. The van der Waals surface area contributed by atoms with Gasteiger partial charge in [0.2, 0.25) is 5.95 Å². The largest absolute Gasteiger partial charge is 0.491 e. The molecule has 0 bridgehead atoms. The van der Waals surface area contributed by atoms with Crippen LogP contribution in [0.5, 0.6) is 5.75 Å². The maximum Gasteiger partial charge on any atom is 0.229 e. The SMILES string of the molecule is CC(C)Oc1ccc(Nc2ccnc(Nc3ccc(F)c(F)c3F)n2)cc1. The van der Waals surface area contributed by atoms with Crippen LogP contribution in [0.2, 0.25) is 0 Å². The lowest BCUT2D eigenvalue weighted by Gasteiger charge is -2.11. The number of hydrogen-bond donors (Lipinski definition) is 2. The lowest BCUT2D eigenvalue weighted by molar-refractivity contribution is 0.242. The van der Waals surface area contributed by atoms with Crippen LogP contribution in [0.1, 0.15) is 13.8 Å². The Labute approximate surface area is 154 Å². The Morgan fingerprint density at radius 1 is 0.889 bits per heavy atom. The summed E-state index contributed by atoms with van der Waals surface area (Å²) in [5.74, 6) is -2.94. The van der Waals surface area contributed by atoms with Gasteiger partial charge in [0.05, 0.1) is 11.8 Å². The summed E-state index contributed by atoms with van der Waals surface area (Å²) in [6.45, 7) is 3.88. The maximum atomic E-state index is 13.8. The third kappa shape index (κ3) is 4.66. The predicted octanol–water partition coefficient (Wildman–Crippen LogP) is 5.17. The van der Waals surface area contributed by atoms with Crippen LogP contribution in [-0.4, -0.2) is 16.1 Å². The molecule has 1 heterocycles. The van der Waals surface area contributed by atoms with E-state index in [9.17, 15) is 13.2 Å². The van der Waals surface area contributed by atoms with Gasteiger partial charge in [-0.2, -0.15) is 4.98 Å². The molecule has 3 aromatic rings. The molecule has 27 heavy (non-hydrogen) atoms. The third-order valence-electron chi connectivity index (χ3n) is 3.44. The second-order valence-corrected chi connectivity index (χ2v) is 5.93. The lowest BCUT2D eigenvalue weighted by atomic mass is 10.3. The van der Waals surface area contributed by atoms with Gasteiger partial charge in [-0.25, -0.2) is 18.2 Å². The summed E-state index contributed by atoms with van der Waals surface area (Å²) in [4.78, 5) is 8.13. The van der Waals surface area contributed by atoms with Crippen LogP contribution in [0.25, 0.3) is 0 Å². The molecule has 0 radical (unpaired) electrons. The molecule has 0 atom stereocenters. The minimum Gasteiger partial charge on any atom is -0.491 e. The van der Waals surface area contributed by atoms with E-state index in [4.69, 9.17) is 4.74 Å². The van der Waals surface area contributed by atoms with E-state index in [1.54, 1.807) is 6.07 Å². The van der Waals surface area contributed by atoms with Gasteiger partial charge in [0.15, 0.2) is 17.5 Å². The van der Waals surface area contributed by atoms with Crippen molar-refractivity contribution in [1.82, 2.24) is 9.97 Å².